The number of anilines is 2. The van der Waals surface area contributed by atoms with Crippen LogP contribution in [0.5, 0.6) is 0 Å². The fraction of sp³-hybridized carbons (Fsp3) is 0.400. The number of rotatable bonds is 4. The number of alkyl halides is 3. The summed E-state index contributed by atoms with van der Waals surface area (Å²) in [5.74, 6) is -1.72. The number of nitrogens with one attached hydrogen (secondary N) is 3. The molecule has 0 amide bonds. The lowest BCUT2D eigenvalue weighted by molar-refractivity contribution is -0.142. The molecule has 1 saturated heterocycles. The van der Waals surface area contributed by atoms with Gasteiger partial charge in [0.1, 0.15) is 11.3 Å². The standard InChI is InChI=1S/C20H20F5N9/c1-9-7-33(8-10(2)28-9)19-31-17(18-27-5-13(20(23,24)25)34(18)32-19)26-6-14-29-12-4-3-11(21)15(22)16(12)30-14/h3-5,9-10,28H,6-8H2,1-2H3,(H,29,30)(H,26,31,32)/t9-,10+. The average Bonchev–Trinajstić information content (AvgIpc) is 3.38. The number of imidazole rings is 2. The smallest absolute Gasteiger partial charge is 0.360 e. The molecule has 1 aliphatic heterocycles. The van der Waals surface area contributed by atoms with Crippen LogP contribution in [0, 0.1) is 11.6 Å². The van der Waals surface area contributed by atoms with Gasteiger partial charge in [-0.05, 0) is 26.0 Å². The number of aromatic amines is 1. The first kappa shape index (κ1) is 22.3. The van der Waals surface area contributed by atoms with Crippen LogP contribution in [0.15, 0.2) is 18.3 Å². The summed E-state index contributed by atoms with van der Waals surface area (Å²) in [5.41, 5.74) is -1.05. The van der Waals surface area contributed by atoms with E-state index >= 15 is 0 Å². The molecule has 1 aliphatic rings. The number of H-pyrrole nitrogens is 1. The molecule has 9 nitrogen and oxygen atoms in total. The predicted octanol–water partition coefficient (Wildman–Crippen LogP) is 3.10. The summed E-state index contributed by atoms with van der Waals surface area (Å²) in [6.07, 6.45) is -3.98. The second kappa shape index (κ2) is 8.04. The van der Waals surface area contributed by atoms with Gasteiger partial charge in [-0.1, -0.05) is 0 Å². The second-order valence-corrected chi connectivity index (χ2v) is 8.31. The van der Waals surface area contributed by atoms with E-state index in [4.69, 9.17) is 0 Å². The van der Waals surface area contributed by atoms with Gasteiger partial charge in [0, 0.05) is 25.2 Å². The van der Waals surface area contributed by atoms with Crippen molar-refractivity contribution in [3.63, 3.8) is 0 Å². The summed E-state index contributed by atoms with van der Waals surface area (Å²) < 4.78 is 68.9. The third kappa shape index (κ3) is 3.97. The van der Waals surface area contributed by atoms with Crippen LogP contribution in [0.2, 0.25) is 0 Å². The van der Waals surface area contributed by atoms with E-state index in [1.54, 1.807) is 4.90 Å². The Morgan fingerprint density at radius 3 is 2.56 bits per heavy atom. The molecule has 1 aromatic carbocycles. The van der Waals surface area contributed by atoms with Crippen LogP contribution in [-0.4, -0.2) is 54.7 Å². The molecule has 3 aromatic heterocycles. The van der Waals surface area contributed by atoms with Crippen molar-refractivity contribution >= 4 is 28.4 Å². The number of hydrogen-bond acceptors (Lipinski definition) is 7. The normalized spacial score (nSPS) is 19.3. The van der Waals surface area contributed by atoms with Gasteiger partial charge >= 0.3 is 6.18 Å². The monoisotopic (exact) mass is 481 g/mol. The fourth-order valence-corrected chi connectivity index (χ4v) is 4.13. The lowest BCUT2D eigenvalue weighted by Gasteiger charge is -2.36. The summed E-state index contributed by atoms with van der Waals surface area (Å²) in [6.45, 7) is 4.87. The number of halogens is 5. The third-order valence-electron chi connectivity index (χ3n) is 5.50. The number of fused-ring (bicyclic) bond motifs is 2. The number of nitrogens with zero attached hydrogens (tertiary/aromatic N) is 6. The number of benzene rings is 1. The first-order chi connectivity index (χ1) is 16.1. The Balaban J connectivity index is 1.53. The summed E-state index contributed by atoms with van der Waals surface area (Å²) in [6, 6.07) is 2.49. The van der Waals surface area contributed by atoms with E-state index in [-0.39, 0.29) is 52.9 Å². The fourth-order valence-electron chi connectivity index (χ4n) is 4.13. The Bertz CT molecular complexity index is 1350. The average molecular weight is 481 g/mol. The maximum Gasteiger partial charge on any atom is 0.435 e. The molecule has 0 unspecified atom stereocenters. The van der Waals surface area contributed by atoms with E-state index < -0.39 is 23.5 Å². The first-order valence-electron chi connectivity index (χ1n) is 10.5. The van der Waals surface area contributed by atoms with Gasteiger partial charge in [-0.2, -0.15) is 18.2 Å². The molecule has 0 aliphatic carbocycles. The molecule has 4 heterocycles. The van der Waals surface area contributed by atoms with Gasteiger partial charge in [-0.15, -0.1) is 5.10 Å². The topological polar surface area (TPSA) is 99.1 Å². The second-order valence-electron chi connectivity index (χ2n) is 8.31. The maximum atomic E-state index is 14.0. The van der Waals surface area contributed by atoms with Crippen molar-refractivity contribution in [1.82, 2.24) is 34.9 Å². The highest BCUT2D eigenvalue weighted by molar-refractivity contribution is 5.76. The van der Waals surface area contributed by atoms with Crippen molar-refractivity contribution in [2.24, 2.45) is 0 Å². The lowest BCUT2D eigenvalue weighted by Crippen LogP contribution is -2.54. The Morgan fingerprint density at radius 2 is 1.85 bits per heavy atom. The van der Waals surface area contributed by atoms with Crippen molar-refractivity contribution < 1.29 is 22.0 Å². The Labute approximate surface area is 189 Å². The van der Waals surface area contributed by atoms with Crippen LogP contribution >= 0.6 is 0 Å². The number of piperazine rings is 1. The van der Waals surface area contributed by atoms with Crippen molar-refractivity contribution in [2.75, 3.05) is 23.3 Å². The molecule has 34 heavy (non-hydrogen) atoms. The SMILES string of the molecule is C[C@@H]1CN(c2nc(NCc3nc4c(F)c(F)ccc4[nH]3)c3ncc(C(F)(F)F)n3n2)C[C@H](C)N1. The minimum absolute atomic E-state index is 0.0476. The van der Waals surface area contributed by atoms with Gasteiger partial charge in [0.25, 0.3) is 0 Å². The van der Waals surface area contributed by atoms with E-state index in [9.17, 15) is 22.0 Å². The zero-order valence-corrected chi connectivity index (χ0v) is 18.1. The molecule has 0 spiro atoms. The van der Waals surface area contributed by atoms with E-state index in [2.05, 4.69) is 35.7 Å². The number of hydrogen-bond donors (Lipinski definition) is 3. The minimum Gasteiger partial charge on any atom is -0.360 e. The van der Waals surface area contributed by atoms with Crippen molar-refractivity contribution in [1.29, 1.82) is 0 Å². The third-order valence-corrected chi connectivity index (χ3v) is 5.50. The molecular formula is C20H20F5N9. The zero-order valence-electron chi connectivity index (χ0n) is 18.1. The van der Waals surface area contributed by atoms with E-state index in [1.165, 1.54) is 6.07 Å². The van der Waals surface area contributed by atoms with Crippen LogP contribution < -0.4 is 15.5 Å². The zero-order chi connectivity index (χ0) is 24.2. The van der Waals surface area contributed by atoms with Crippen molar-refractivity contribution in [3.05, 3.63) is 41.5 Å². The molecule has 3 N–H and O–H groups in total. The van der Waals surface area contributed by atoms with E-state index in [0.29, 0.717) is 19.3 Å². The van der Waals surface area contributed by atoms with Gasteiger partial charge < -0.3 is 20.5 Å². The van der Waals surface area contributed by atoms with Crippen molar-refractivity contribution in [2.45, 2.75) is 38.7 Å². The lowest BCUT2D eigenvalue weighted by atomic mass is 10.1. The molecule has 180 valence electrons. The summed E-state index contributed by atoms with van der Waals surface area (Å²) >= 11 is 0. The van der Waals surface area contributed by atoms with Gasteiger partial charge in [-0.3, -0.25) is 0 Å². The van der Waals surface area contributed by atoms with Gasteiger partial charge in [0.15, 0.2) is 28.8 Å². The Hall–Kier alpha value is -3.55. The molecule has 0 saturated carbocycles. The summed E-state index contributed by atoms with van der Waals surface area (Å²) in [7, 11) is 0. The first-order valence-corrected chi connectivity index (χ1v) is 10.5. The van der Waals surface area contributed by atoms with Crippen LogP contribution in [-0.2, 0) is 12.7 Å². The predicted molar refractivity (Wildman–Crippen MR) is 113 cm³/mol. The van der Waals surface area contributed by atoms with E-state index in [1.807, 2.05) is 13.8 Å². The summed E-state index contributed by atoms with van der Waals surface area (Å²) in [4.78, 5) is 17.0. The Morgan fingerprint density at radius 1 is 1.12 bits per heavy atom. The van der Waals surface area contributed by atoms with E-state index in [0.717, 1.165) is 10.6 Å². The van der Waals surface area contributed by atoms with Gasteiger partial charge in [-0.25, -0.2) is 23.3 Å². The molecule has 4 aromatic rings. The Kier molecular flexibility index (Phi) is 5.26. The van der Waals surface area contributed by atoms with Crippen LogP contribution in [0.1, 0.15) is 25.4 Å². The van der Waals surface area contributed by atoms with Crippen LogP contribution in [0.25, 0.3) is 16.7 Å². The highest BCUT2D eigenvalue weighted by Gasteiger charge is 2.36. The molecular weight excluding hydrogens is 461 g/mol. The maximum absolute atomic E-state index is 14.0. The highest BCUT2D eigenvalue weighted by atomic mass is 19.4. The largest absolute Gasteiger partial charge is 0.435 e. The molecule has 14 heteroatoms. The minimum atomic E-state index is -4.67. The quantitative estimate of drug-likeness (QED) is 0.386. The highest BCUT2D eigenvalue weighted by Crippen LogP contribution is 2.31. The van der Waals surface area contributed by atoms with Crippen LogP contribution in [0.4, 0.5) is 33.7 Å². The molecule has 0 radical (unpaired) electrons. The molecule has 2 atom stereocenters. The molecule has 5 rings (SSSR count). The van der Waals surface area contributed by atoms with Crippen LogP contribution in [0.3, 0.4) is 0 Å². The number of aromatic nitrogens is 6. The molecule has 1 fully saturated rings. The summed E-state index contributed by atoms with van der Waals surface area (Å²) in [5, 5.41) is 10.4. The van der Waals surface area contributed by atoms with Gasteiger partial charge in [0.05, 0.1) is 18.3 Å². The van der Waals surface area contributed by atoms with Gasteiger partial charge in [0.2, 0.25) is 5.95 Å². The van der Waals surface area contributed by atoms with Crippen molar-refractivity contribution in [3.8, 4) is 0 Å². The molecule has 0 bridgehead atoms.